The van der Waals surface area contributed by atoms with Crippen molar-refractivity contribution in [2.75, 3.05) is 24.6 Å². The summed E-state index contributed by atoms with van der Waals surface area (Å²) in [5.74, 6) is -0.169. The number of para-hydroxylation sites is 1. The SMILES string of the molecule is CC1(C)C(=O)N(CC(=O)NCC2CCCO2)c2ccccc21. The minimum Gasteiger partial charge on any atom is -0.376 e. The lowest BCUT2D eigenvalue weighted by atomic mass is 9.86. The Morgan fingerprint density at radius 1 is 1.41 bits per heavy atom. The first-order chi connectivity index (χ1) is 10.5. The second kappa shape index (κ2) is 5.72. The number of hydrogen-bond acceptors (Lipinski definition) is 3. The topological polar surface area (TPSA) is 58.6 Å². The number of amides is 2. The van der Waals surface area contributed by atoms with E-state index in [0.717, 1.165) is 30.7 Å². The fourth-order valence-corrected chi connectivity index (χ4v) is 3.19. The van der Waals surface area contributed by atoms with Crippen LogP contribution < -0.4 is 10.2 Å². The molecule has 5 nitrogen and oxygen atoms in total. The van der Waals surface area contributed by atoms with E-state index in [9.17, 15) is 9.59 Å². The van der Waals surface area contributed by atoms with Crippen LogP contribution in [0.4, 0.5) is 5.69 Å². The van der Waals surface area contributed by atoms with E-state index in [4.69, 9.17) is 4.74 Å². The van der Waals surface area contributed by atoms with Crippen molar-refractivity contribution in [2.45, 2.75) is 38.2 Å². The third-order valence-electron chi connectivity index (χ3n) is 4.50. The van der Waals surface area contributed by atoms with Crippen LogP contribution in [0.1, 0.15) is 32.3 Å². The van der Waals surface area contributed by atoms with Gasteiger partial charge in [-0.25, -0.2) is 0 Å². The average Bonchev–Trinajstić information content (AvgIpc) is 3.08. The molecule has 1 aromatic rings. The first-order valence-corrected chi connectivity index (χ1v) is 7.80. The third-order valence-corrected chi connectivity index (χ3v) is 4.50. The van der Waals surface area contributed by atoms with E-state index in [1.807, 2.05) is 38.1 Å². The quantitative estimate of drug-likeness (QED) is 0.919. The Kier molecular flexibility index (Phi) is 3.91. The maximum Gasteiger partial charge on any atom is 0.240 e. The second-order valence-electron chi connectivity index (χ2n) is 6.47. The molecule has 0 saturated carbocycles. The van der Waals surface area contributed by atoms with Crippen LogP contribution in [0.15, 0.2) is 24.3 Å². The predicted molar refractivity (Wildman–Crippen MR) is 83.8 cm³/mol. The number of anilines is 1. The molecule has 5 heteroatoms. The number of nitrogens with zero attached hydrogens (tertiary/aromatic N) is 1. The smallest absolute Gasteiger partial charge is 0.240 e. The highest BCUT2D eigenvalue weighted by Gasteiger charge is 2.44. The van der Waals surface area contributed by atoms with Gasteiger partial charge in [0.15, 0.2) is 0 Å². The van der Waals surface area contributed by atoms with Gasteiger partial charge in [-0.1, -0.05) is 18.2 Å². The number of hydrogen-bond donors (Lipinski definition) is 1. The zero-order valence-corrected chi connectivity index (χ0v) is 13.1. The number of benzene rings is 1. The van der Waals surface area contributed by atoms with E-state index in [-0.39, 0.29) is 24.5 Å². The minimum atomic E-state index is -0.578. The van der Waals surface area contributed by atoms with Crippen molar-refractivity contribution in [1.82, 2.24) is 5.32 Å². The van der Waals surface area contributed by atoms with E-state index in [1.165, 1.54) is 0 Å². The van der Waals surface area contributed by atoms with Crippen LogP contribution in [0.5, 0.6) is 0 Å². The Labute approximate surface area is 130 Å². The van der Waals surface area contributed by atoms with Gasteiger partial charge in [0, 0.05) is 18.8 Å². The standard InChI is InChI=1S/C17H22N2O3/c1-17(2)13-7-3-4-8-14(13)19(16(17)21)11-15(20)18-10-12-6-5-9-22-12/h3-4,7-8,12H,5-6,9-11H2,1-2H3,(H,18,20). The molecule has 1 N–H and O–H groups in total. The lowest BCUT2D eigenvalue weighted by molar-refractivity contribution is -0.125. The molecule has 1 aromatic carbocycles. The van der Waals surface area contributed by atoms with Crippen molar-refractivity contribution in [2.24, 2.45) is 0 Å². The average molecular weight is 302 g/mol. The van der Waals surface area contributed by atoms with Gasteiger partial charge in [-0.3, -0.25) is 9.59 Å². The van der Waals surface area contributed by atoms with Crippen molar-refractivity contribution in [3.63, 3.8) is 0 Å². The summed E-state index contributed by atoms with van der Waals surface area (Å²) in [7, 11) is 0. The fourth-order valence-electron chi connectivity index (χ4n) is 3.19. The van der Waals surface area contributed by atoms with Crippen molar-refractivity contribution in [1.29, 1.82) is 0 Å². The van der Waals surface area contributed by atoms with Crippen molar-refractivity contribution >= 4 is 17.5 Å². The van der Waals surface area contributed by atoms with Gasteiger partial charge in [0.2, 0.25) is 11.8 Å². The maximum atomic E-state index is 12.6. The first kappa shape index (κ1) is 15.0. The molecule has 1 saturated heterocycles. The van der Waals surface area contributed by atoms with Gasteiger partial charge < -0.3 is 15.0 Å². The molecule has 118 valence electrons. The number of carbonyl (C=O) groups is 2. The molecule has 1 atom stereocenters. The van der Waals surface area contributed by atoms with Crippen LogP contribution in [0.25, 0.3) is 0 Å². The number of carbonyl (C=O) groups excluding carboxylic acids is 2. The minimum absolute atomic E-state index is 0.0269. The second-order valence-corrected chi connectivity index (χ2v) is 6.47. The van der Waals surface area contributed by atoms with Crippen LogP contribution in [0, 0.1) is 0 Å². The van der Waals surface area contributed by atoms with Crippen molar-refractivity contribution in [3.05, 3.63) is 29.8 Å². The Morgan fingerprint density at radius 2 is 2.18 bits per heavy atom. The van der Waals surface area contributed by atoms with E-state index in [2.05, 4.69) is 5.32 Å². The summed E-state index contributed by atoms with van der Waals surface area (Å²) < 4.78 is 5.49. The summed E-state index contributed by atoms with van der Waals surface area (Å²) in [6, 6.07) is 7.67. The Balaban J connectivity index is 1.67. The number of nitrogens with one attached hydrogen (secondary N) is 1. The number of fused-ring (bicyclic) bond motifs is 1. The van der Waals surface area contributed by atoms with E-state index >= 15 is 0 Å². The molecule has 0 bridgehead atoms. The zero-order valence-electron chi connectivity index (χ0n) is 13.1. The highest BCUT2D eigenvalue weighted by molar-refractivity contribution is 6.10. The highest BCUT2D eigenvalue weighted by atomic mass is 16.5. The van der Waals surface area contributed by atoms with E-state index < -0.39 is 5.41 Å². The fraction of sp³-hybridized carbons (Fsp3) is 0.529. The van der Waals surface area contributed by atoms with Gasteiger partial charge in [-0.05, 0) is 38.3 Å². The van der Waals surface area contributed by atoms with E-state index in [1.54, 1.807) is 4.90 Å². The van der Waals surface area contributed by atoms with Crippen LogP contribution >= 0.6 is 0 Å². The van der Waals surface area contributed by atoms with Crippen LogP contribution in [0.2, 0.25) is 0 Å². The summed E-state index contributed by atoms with van der Waals surface area (Å²) in [6.07, 6.45) is 2.15. The number of rotatable bonds is 4. The molecule has 2 aliphatic heterocycles. The Morgan fingerprint density at radius 3 is 2.91 bits per heavy atom. The molecule has 0 aliphatic carbocycles. The van der Waals surface area contributed by atoms with Crippen LogP contribution in [0.3, 0.4) is 0 Å². The predicted octanol–water partition coefficient (Wildman–Crippen LogP) is 1.61. The van der Waals surface area contributed by atoms with Crippen LogP contribution in [-0.2, 0) is 19.7 Å². The maximum absolute atomic E-state index is 12.6. The molecular weight excluding hydrogens is 280 g/mol. The van der Waals surface area contributed by atoms with Gasteiger partial charge in [0.1, 0.15) is 6.54 Å². The van der Waals surface area contributed by atoms with Gasteiger partial charge in [-0.2, -0.15) is 0 Å². The molecule has 22 heavy (non-hydrogen) atoms. The molecule has 0 aromatic heterocycles. The molecule has 1 fully saturated rings. The molecule has 2 aliphatic rings. The summed E-state index contributed by atoms with van der Waals surface area (Å²) >= 11 is 0. The molecule has 0 radical (unpaired) electrons. The summed E-state index contributed by atoms with van der Waals surface area (Å²) in [4.78, 5) is 26.3. The summed E-state index contributed by atoms with van der Waals surface area (Å²) in [6.45, 7) is 5.15. The van der Waals surface area contributed by atoms with Gasteiger partial charge in [-0.15, -0.1) is 0 Å². The highest BCUT2D eigenvalue weighted by Crippen LogP contribution is 2.40. The first-order valence-electron chi connectivity index (χ1n) is 7.80. The molecule has 3 rings (SSSR count). The van der Waals surface area contributed by atoms with Gasteiger partial charge in [0.05, 0.1) is 11.5 Å². The molecule has 2 heterocycles. The zero-order chi connectivity index (χ0) is 15.7. The van der Waals surface area contributed by atoms with Gasteiger partial charge in [0.25, 0.3) is 0 Å². The van der Waals surface area contributed by atoms with Crippen molar-refractivity contribution in [3.8, 4) is 0 Å². The van der Waals surface area contributed by atoms with Crippen LogP contribution in [-0.4, -0.2) is 37.6 Å². The Bertz CT molecular complexity index is 591. The normalized spacial score (nSPS) is 22.7. The van der Waals surface area contributed by atoms with Crippen molar-refractivity contribution < 1.29 is 14.3 Å². The largest absolute Gasteiger partial charge is 0.376 e. The monoisotopic (exact) mass is 302 g/mol. The lowest BCUT2D eigenvalue weighted by Crippen LogP contribution is -2.44. The third kappa shape index (κ3) is 2.61. The van der Waals surface area contributed by atoms with E-state index in [0.29, 0.717) is 6.54 Å². The summed E-state index contributed by atoms with van der Waals surface area (Å²) in [5, 5.41) is 2.87. The molecular formula is C17H22N2O3. The molecule has 0 spiro atoms. The summed E-state index contributed by atoms with van der Waals surface area (Å²) in [5.41, 5.74) is 1.24. The lowest BCUT2D eigenvalue weighted by Gasteiger charge is -2.20. The Hall–Kier alpha value is -1.88. The molecule has 1 unspecified atom stereocenters. The molecule has 2 amide bonds. The van der Waals surface area contributed by atoms with Gasteiger partial charge >= 0.3 is 0 Å². The number of ether oxygens (including phenoxy) is 1.